The maximum Gasteiger partial charge on any atom is 0.417 e. The highest BCUT2D eigenvalue weighted by Crippen LogP contribution is 2.32. The molecular weight excluding hydrogens is 236 g/mol. The second-order valence-corrected chi connectivity index (χ2v) is 4.77. The molecule has 6 heteroatoms. The van der Waals surface area contributed by atoms with Crippen LogP contribution >= 0.6 is 0 Å². The van der Waals surface area contributed by atoms with E-state index in [0.717, 1.165) is 0 Å². The maximum absolute atomic E-state index is 11.1. The molecule has 0 spiro atoms. The first kappa shape index (κ1) is 12.4. The number of aliphatic carboxylic acids is 1. The monoisotopic (exact) mass is 250 g/mol. The molecule has 96 valence electrons. The molecule has 2 rings (SSSR count). The molecule has 1 unspecified atom stereocenters. The van der Waals surface area contributed by atoms with Crippen LogP contribution in [0.3, 0.4) is 0 Å². The Labute approximate surface area is 102 Å². The van der Waals surface area contributed by atoms with Crippen LogP contribution in [0.1, 0.15) is 25.5 Å². The Hall–Kier alpha value is -2.08. The molecular formula is C12H14N2O4. The van der Waals surface area contributed by atoms with Gasteiger partial charge in [0.1, 0.15) is 0 Å². The number of fused-ring (bicyclic) bond motifs is 1. The molecule has 0 saturated carbocycles. The molecule has 1 heterocycles. The van der Waals surface area contributed by atoms with Crippen LogP contribution in [0, 0.1) is 5.41 Å². The lowest BCUT2D eigenvalue weighted by atomic mass is 9.81. The first-order chi connectivity index (χ1) is 8.32. The number of aromatic nitrogens is 1. The topological polar surface area (TPSA) is 109 Å². The Balaban J connectivity index is 2.48. The Morgan fingerprint density at radius 2 is 2.17 bits per heavy atom. The van der Waals surface area contributed by atoms with E-state index in [-0.39, 0.29) is 0 Å². The standard InChI is InChI=1S/C12H14N2O4/c1-12(2,10(15)16)9(13)6-3-4-7-8(5-6)18-11(17)14-7/h3-5,9H,13H2,1-2H3,(H,14,17)(H,15,16). The fourth-order valence-corrected chi connectivity index (χ4v) is 1.71. The Kier molecular flexibility index (Phi) is 2.74. The van der Waals surface area contributed by atoms with Crippen molar-refractivity contribution < 1.29 is 14.3 Å². The molecule has 2 aromatic rings. The number of nitrogens with two attached hydrogens (primary N) is 1. The van der Waals surface area contributed by atoms with Crippen LogP contribution in [0.15, 0.2) is 27.4 Å². The maximum atomic E-state index is 11.1. The predicted molar refractivity (Wildman–Crippen MR) is 65.2 cm³/mol. The van der Waals surface area contributed by atoms with Gasteiger partial charge < -0.3 is 15.3 Å². The number of H-pyrrole nitrogens is 1. The lowest BCUT2D eigenvalue weighted by Gasteiger charge is -2.27. The van der Waals surface area contributed by atoms with E-state index in [1.54, 1.807) is 32.0 Å². The molecule has 0 aliphatic rings. The van der Waals surface area contributed by atoms with Crippen LogP contribution in [-0.4, -0.2) is 16.1 Å². The Morgan fingerprint density at radius 3 is 2.78 bits per heavy atom. The normalized spacial score (nSPS) is 13.7. The molecule has 0 aliphatic heterocycles. The number of aromatic amines is 1. The third-order valence-corrected chi connectivity index (χ3v) is 3.13. The second-order valence-electron chi connectivity index (χ2n) is 4.77. The van der Waals surface area contributed by atoms with E-state index < -0.39 is 23.2 Å². The van der Waals surface area contributed by atoms with E-state index in [9.17, 15) is 9.59 Å². The summed E-state index contributed by atoms with van der Waals surface area (Å²) < 4.78 is 4.92. The van der Waals surface area contributed by atoms with Crippen molar-refractivity contribution in [3.63, 3.8) is 0 Å². The third kappa shape index (κ3) is 1.91. The van der Waals surface area contributed by atoms with Gasteiger partial charge in [-0.25, -0.2) is 4.79 Å². The Bertz CT molecular complexity index is 653. The zero-order chi connectivity index (χ0) is 13.5. The fourth-order valence-electron chi connectivity index (χ4n) is 1.71. The zero-order valence-electron chi connectivity index (χ0n) is 10.1. The molecule has 0 amide bonds. The summed E-state index contributed by atoms with van der Waals surface area (Å²) in [6, 6.07) is 4.22. The van der Waals surface area contributed by atoms with Crippen LogP contribution in [0.4, 0.5) is 0 Å². The molecule has 1 aromatic carbocycles. The van der Waals surface area contributed by atoms with Gasteiger partial charge in [0.2, 0.25) is 0 Å². The molecule has 1 aromatic heterocycles. The highest BCUT2D eigenvalue weighted by Gasteiger charge is 2.35. The number of nitrogens with one attached hydrogen (secondary N) is 1. The van der Waals surface area contributed by atoms with Gasteiger partial charge in [-0.1, -0.05) is 6.07 Å². The summed E-state index contributed by atoms with van der Waals surface area (Å²) in [5.41, 5.74) is 6.39. The first-order valence-electron chi connectivity index (χ1n) is 5.44. The molecule has 0 radical (unpaired) electrons. The highest BCUT2D eigenvalue weighted by atomic mass is 16.4. The van der Waals surface area contributed by atoms with Crippen LogP contribution in [0.25, 0.3) is 11.1 Å². The number of rotatable bonds is 3. The van der Waals surface area contributed by atoms with Gasteiger partial charge in [-0.15, -0.1) is 0 Å². The van der Waals surface area contributed by atoms with Gasteiger partial charge in [0.25, 0.3) is 0 Å². The van der Waals surface area contributed by atoms with Crippen LogP contribution in [-0.2, 0) is 4.79 Å². The summed E-state index contributed by atoms with van der Waals surface area (Å²) in [4.78, 5) is 24.7. The minimum atomic E-state index is -1.11. The number of carboxylic acids is 1. The van der Waals surface area contributed by atoms with Gasteiger partial charge in [-0.3, -0.25) is 9.78 Å². The molecule has 0 aliphatic carbocycles. The quantitative estimate of drug-likeness (QED) is 0.759. The molecule has 0 bridgehead atoms. The van der Waals surface area contributed by atoms with Gasteiger partial charge in [0.05, 0.1) is 10.9 Å². The summed E-state index contributed by atoms with van der Waals surface area (Å²) in [5, 5.41) is 9.13. The van der Waals surface area contributed by atoms with Crippen LogP contribution in [0.2, 0.25) is 0 Å². The average Bonchev–Trinajstić information content (AvgIpc) is 2.66. The van der Waals surface area contributed by atoms with E-state index in [1.807, 2.05) is 0 Å². The van der Waals surface area contributed by atoms with Crippen molar-refractivity contribution in [1.29, 1.82) is 0 Å². The lowest BCUT2D eigenvalue weighted by Crippen LogP contribution is -2.36. The van der Waals surface area contributed by atoms with Crippen molar-refractivity contribution in [2.75, 3.05) is 0 Å². The first-order valence-corrected chi connectivity index (χ1v) is 5.44. The average molecular weight is 250 g/mol. The lowest BCUT2D eigenvalue weighted by molar-refractivity contribution is -0.148. The van der Waals surface area contributed by atoms with Crippen molar-refractivity contribution in [1.82, 2.24) is 4.98 Å². The van der Waals surface area contributed by atoms with Gasteiger partial charge in [-0.2, -0.15) is 0 Å². The molecule has 4 N–H and O–H groups in total. The van der Waals surface area contributed by atoms with Gasteiger partial charge in [0.15, 0.2) is 5.58 Å². The minimum absolute atomic E-state index is 0.370. The summed E-state index contributed by atoms with van der Waals surface area (Å²) in [6.07, 6.45) is 0. The number of oxazole rings is 1. The summed E-state index contributed by atoms with van der Waals surface area (Å²) >= 11 is 0. The van der Waals surface area contributed by atoms with Crippen molar-refractivity contribution in [2.45, 2.75) is 19.9 Å². The smallest absolute Gasteiger partial charge is 0.417 e. The largest absolute Gasteiger partial charge is 0.481 e. The van der Waals surface area contributed by atoms with Gasteiger partial charge >= 0.3 is 11.7 Å². The van der Waals surface area contributed by atoms with Gasteiger partial charge in [0, 0.05) is 6.04 Å². The number of benzene rings is 1. The molecule has 18 heavy (non-hydrogen) atoms. The summed E-state index contributed by atoms with van der Waals surface area (Å²) in [6.45, 7) is 3.11. The van der Waals surface area contributed by atoms with Crippen molar-refractivity contribution in [2.24, 2.45) is 11.1 Å². The van der Waals surface area contributed by atoms with Crippen molar-refractivity contribution >= 4 is 17.1 Å². The van der Waals surface area contributed by atoms with E-state index >= 15 is 0 Å². The van der Waals surface area contributed by atoms with Crippen molar-refractivity contribution in [3.05, 3.63) is 34.3 Å². The van der Waals surface area contributed by atoms with Gasteiger partial charge in [-0.05, 0) is 31.5 Å². The van der Waals surface area contributed by atoms with E-state index in [2.05, 4.69) is 4.98 Å². The van der Waals surface area contributed by atoms with E-state index in [0.29, 0.717) is 16.7 Å². The summed E-state index contributed by atoms with van der Waals surface area (Å²) in [7, 11) is 0. The molecule has 1 atom stereocenters. The highest BCUT2D eigenvalue weighted by molar-refractivity contribution is 5.76. The number of carboxylic acid groups (broad SMARTS) is 1. The fraction of sp³-hybridized carbons (Fsp3) is 0.333. The SMILES string of the molecule is CC(C)(C(=O)O)C(N)c1ccc2[nH]c(=O)oc2c1. The van der Waals surface area contributed by atoms with E-state index in [4.69, 9.17) is 15.3 Å². The number of hydrogen-bond acceptors (Lipinski definition) is 4. The Morgan fingerprint density at radius 1 is 1.50 bits per heavy atom. The van der Waals surface area contributed by atoms with Crippen LogP contribution < -0.4 is 11.5 Å². The third-order valence-electron chi connectivity index (χ3n) is 3.13. The molecule has 0 saturated heterocycles. The molecule has 0 fully saturated rings. The number of carbonyl (C=O) groups is 1. The number of hydrogen-bond donors (Lipinski definition) is 3. The summed E-state index contributed by atoms with van der Waals surface area (Å²) in [5.74, 6) is -1.53. The van der Waals surface area contributed by atoms with Crippen LogP contribution in [0.5, 0.6) is 0 Å². The predicted octanol–water partition coefficient (Wildman–Crippen LogP) is 1.23. The van der Waals surface area contributed by atoms with E-state index in [1.165, 1.54) is 0 Å². The zero-order valence-corrected chi connectivity index (χ0v) is 10.1. The minimum Gasteiger partial charge on any atom is -0.481 e. The van der Waals surface area contributed by atoms with Crippen molar-refractivity contribution in [3.8, 4) is 0 Å². The molecule has 6 nitrogen and oxygen atoms in total. The second kappa shape index (κ2) is 3.99.